The quantitative estimate of drug-likeness (QED) is 0.788. The molecular weight excluding hydrogens is 296 g/mol. The number of benzene rings is 2. The Morgan fingerprint density at radius 1 is 1.00 bits per heavy atom. The molecule has 4 nitrogen and oxygen atoms in total. The van der Waals surface area contributed by atoms with Gasteiger partial charge in [0.05, 0.1) is 0 Å². The lowest BCUT2D eigenvalue weighted by atomic mass is 10.1. The molecule has 1 saturated heterocycles. The van der Waals surface area contributed by atoms with Gasteiger partial charge in [-0.1, -0.05) is 18.2 Å². The second-order valence-corrected chi connectivity index (χ2v) is 6.27. The highest BCUT2D eigenvalue weighted by Gasteiger charge is 2.18. The van der Waals surface area contributed by atoms with Gasteiger partial charge >= 0.3 is 5.69 Å². The SMILES string of the molecule is C#[N+]c1ccc2[nH]cc(CN3CCN(c4ccccc4)CC3)c2c1. The van der Waals surface area contributed by atoms with Crippen LogP contribution in [0.2, 0.25) is 0 Å². The van der Waals surface area contributed by atoms with E-state index in [2.05, 4.69) is 62.2 Å². The van der Waals surface area contributed by atoms with Crippen LogP contribution in [0.5, 0.6) is 0 Å². The van der Waals surface area contributed by atoms with Crippen LogP contribution in [0.3, 0.4) is 0 Å². The van der Waals surface area contributed by atoms with Gasteiger partial charge in [-0.3, -0.25) is 4.90 Å². The highest BCUT2D eigenvalue weighted by Crippen LogP contribution is 2.25. The van der Waals surface area contributed by atoms with Gasteiger partial charge in [0.2, 0.25) is 0 Å². The van der Waals surface area contributed by atoms with Crippen molar-refractivity contribution in [3.05, 3.63) is 65.1 Å². The molecule has 24 heavy (non-hydrogen) atoms. The van der Waals surface area contributed by atoms with E-state index in [4.69, 9.17) is 6.57 Å². The van der Waals surface area contributed by atoms with Gasteiger partial charge in [0.25, 0.3) is 6.57 Å². The third-order valence-electron chi connectivity index (χ3n) is 4.79. The summed E-state index contributed by atoms with van der Waals surface area (Å²) in [6.45, 7) is 10.6. The van der Waals surface area contributed by atoms with Crippen molar-refractivity contribution in [3.63, 3.8) is 0 Å². The summed E-state index contributed by atoms with van der Waals surface area (Å²) in [5, 5.41) is 1.21. The van der Waals surface area contributed by atoms with Crippen LogP contribution in [0, 0.1) is 6.57 Å². The zero-order valence-corrected chi connectivity index (χ0v) is 13.7. The first-order valence-electron chi connectivity index (χ1n) is 8.37. The Morgan fingerprint density at radius 3 is 2.54 bits per heavy atom. The first-order chi connectivity index (χ1) is 11.8. The molecule has 3 aromatic rings. The van der Waals surface area contributed by atoms with Gasteiger partial charge in [-0.15, -0.1) is 0 Å². The van der Waals surface area contributed by atoms with Crippen LogP contribution in [0.25, 0.3) is 15.7 Å². The first-order valence-corrected chi connectivity index (χ1v) is 8.37. The molecule has 0 unspecified atom stereocenters. The summed E-state index contributed by atoms with van der Waals surface area (Å²) in [7, 11) is 0. The van der Waals surface area contributed by atoms with Crippen molar-refractivity contribution in [1.82, 2.24) is 9.88 Å². The van der Waals surface area contributed by atoms with Gasteiger partial charge in [-0.2, -0.15) is 0 Å². The number of piperazine rings is 1. The molecule has 0 aliphatic carbocycles. The van der Waals surface area contributed by atoms with Crippen LogP contribution in [0.15, 0.2) is 54.7 Å². The van der Waals surface area contributed by atoms with Gasteiger partial charge in [-0.05, 0) is 28.6 Å². The molecule has 1 aliphatic rings. The number of hydrogen-bond donors (Lipinski definition) is 1. The number of hydrogen-bond acceptors (Lipinski definition) is 2. The number of H-pyrrole nitrogens is 1. The second kappa shape index (κ2) is 6.38. The van der Waals surface area contributed by atoms with Gasteiger partial charge < -0.3 is 9.88 Å². The zero-order valence-electron chi connectivity index (χ0n) is 13.7. The average molecular weight is 317 g/mol. The number of fused-ring (bicyclic) bond motifs is 1. The number of nitrogens with one attached hydrogen (secondary N) is 1. The molecular formula is C20H21N4+. The fourth-order valence-electron chi connectivity index (χ4n) is 3.42. The lowest BCUT2D eigenvalue weighted by molar-refractivity contribution is 0.250. The molecule has 4 rings (SSSR count). The fraction of sp³-hybridized carbons (Fsp3) is 0.250. The second-order valence-electron chi connectivity index (χ2n) is 6.27. The third-order valence-corrected chi connectivity index (χ3v) is 4.79. The summed E-state index contributed by atoms with van der Waals surface area (Å²) in [5.74, 6) is 0. The predicted molar refractivity (Wildman–Crippen MR) is 100 cm³/mol. The smallest absolute Gasteiger partial charge is 0.340 e. The highest BCUT2D eigenvalue weighted by atomic mass is 15.3. The maximum atomic E-state index is 5.41. The van der Waals surface area contributed by atoms with Gasteiger partial charge in [0.15, 0.2) is 0 Å². The van der Waals surface area contributed by atoms with Crippen LogP contribution in [0.4, 0.5) is 11.4 Å². The number of anilines is 1. The molecule has 120 valence electrons. The van der Waals surface area contributed by atoms with Crippen molar-refractivity contribution < 1.29 is 0 Å². The molecule has 0 atom stereocenters. The van der Waals surface area contributed by atoms with E-state index < -0.39 is 0 Å². The van der Waals surface area contributed by atoms with Crippen molar-refractivity contribution in [2.75, 3.05) is 31.1 Å². The van der Waals surface area contributed by atoms with E-state index >= 15 is 0 Å². The molecule has 4 heteroatoms. The summed E-state index contributed by atoms with van der Waals surface area (Å²) in [4.78, 5) is 12.1. The number of nitrogens with zero attached hydrogens (tertiary/aromatic N) is 3. The summed E-state index contributed by atoms with van der Waals surface area (Å²) >= 11 is 0. The molecule has 1 aromatic heterocycles. The lowest BCUT2D eigenvalue weighted by Gasteiger charge is -2.36. The monoisotopic (exact) mass is 317 g/mol. The molecule has 1 N–H and O–H groups in total. The van der Waals surface area contributed by atoms with E-state index in [9.17, 15) is 0 Å². The topological polar surface area (TPSA) is 26.6 Å². The summed E-state index contributed by atoms with van der Waals surface area (Å²) in [6.07, 6.45) is 2.11. The van der Waals surface area contributed by atoms with Gasteiger partial charge in [-0.25, -0.2) is 0 Å². The summed E-state index contributed by atoms with van der Waals surface area (Å²) in [5.41, 5.74) is 4.58. The molecule has 2 aromatic carbocycles. The Kier molecular flexibility index (Phi) is 3.94. The Morgan fingerprint density at radius 2 is 1.79 bits per heavy atom. The molecule has 0 spiro atoms. The molecule has 0 bridgehead atoms. The molecule has 0 saturated carbocycles. The zero-order chi connectivity index (χ0) is 16.4. The normalized spacial score (nSPS) is 15.5. The van der Waals surface area contributed by atoms with Crippen molar-refractivity contribution in [1.29, 1.82) is 0 Å². The minimum atomic E-state index is 0.817. The van der Waals surface area contributed by atoms with Crippen LogP contribution in [0.1, 0.15) is 5.56 Å². The van der Waals surface area contributed by atoms with E-state index in [-0.39, 0.29) is 0 Å². The maximum absolute atomic E-state index is 5.41. The number of rotatable bonds is 3. The van der Waals surface area contributed by atoms with E-state index in [1.807, 2.05) is 12.1 Å². The Balaban J connectivity index is 1.45. The largest absolute Gasteiger partial charge is 0.369 e. The van der Waals surface area contributed by atoms with E-state index in [0.29, 0.717) is 0 Å². The van der Waals surface area contributed by atoms with Crippen LogP contribution in [-0.2, 0) is 6.54 Å². The van der Waals surface area contributed by atoms with Crippen molar-refractivity contribution in [2.45, 2.75) is 6.54 Å². The van der Waals surface area contributed by atoms with Crippen LogP contribution in [-0.4, -0.2) is 36.1 Å². The highest BCUT2D eigenvalue weighted by molar-refractivity contribution is 5.86. The molecule has 0 radical (unpaired) electrons. The van der Waals surface area contributed by atoms with Crippen molar-refractivity contribution in [3.8, 4) is 6.57 Å². The van der Waals surface area contributed by atoms with E-state index in [0.717, 1.165) is 43.9 Å². The molecule has 1 aliphatic heterocycles. The molecule has 2 heterocycles. The Hall–Kier alpha value is -2.77. The summed E-state index contributed by atoms with van der Waals surface area (Å²) < 4.78 is 0. The minimum absolute atomic E-state index is 0.817. The van der Waals surface area contributed by atoms with Crippen LogP contribution < -0.4 is 4.90 Å². The maximum Gasteiger partial charge on any atom is 0.340 e. The standard InChI is InChI=1S/C20H21N4/c1-21-17-7-8-20-19(13-17)16(14-22-20)15-23-9-11-24(12-10-23)18-5-3-2-4-6-18/h1-8,13-14,22H,9-12,15H2/q+1. The number of aromatic amines is 1. The Bertz CT molecular complexity index is 868. The fourth-order valence-corrected chi connectivity index (χ4v) is 3.42. The molecule has 1 fully saturated rings. The predicted octanol–water partition coefficient (Wildman–Crippen LogP) is 4.08. The summed E-state index contributed by atoms with van der Waals surface area (Å²) in [6, 6.07) is 16.7. The molecule has 0 amide bonds. The van der Waals surface area contributed by atoms with Gasteiger partial charge in [0, 0.05) is 67.6 Å². The van der Waals surface area contributed by atoms with E-state index in [1.54, 1.807) is 0 Å². The third kappa shape index (κ3) is 2.86. The van der Waals surface area contributed by atoms with Gasteiger partial charge in [0.1, 0.15) is 0 Å². The van der Waals surface area contributed by atoms with Crippen molar-refractivity contribution in [2.24, 2.45) is 0 Å². The number of aromatic nitrogens is 1. The minimum Gasteiger partial charge on any atom is -0.369 e. The average Bonchev–Trinajstić information content (AvgIpc) is 3.05. The number of para-hydroxylation sites is 1. The van der Waals surface area contributed by atoms with Crippen molar-refractivity contribution >= 4 is 22.3 Å². The Labute approximate surface area is 142 Å². The lowest BCUT2D eigenvalue weighted by Crippen LogP contribution is -2.45. The van der Waals surface area contributed by atoms with E-state index in [1.165, 1.54) is 16.6 Å². The first kappa shape index (κ1) is 14.8. The van der Waals surface area contributed by atoms with Crippen LogP contribution >= 0.6 is 0 Å².